The van der Waals surface area contributed by atoms with E-state index in [1.807, 2.05) is 0 Å². The largest absolute Gasteiger partial charge is 0.355 e. The summed E-state index contributed by atoms with van der Waals surface area (Å²) in [5, 5.41) is 0. The van der Waals surface area contributed by atoms with Crippen LogP contribution in [-0.4, -0.2) is 31.4 Å². The number of hydrogen-bond acceptors (Lipinski definition) is 2. The van der Waals surface area contributed by atoms with Gasteiger partial charge in [-0.3, -0.25) is 4.99 Å². The van der Waals surface area contributed by atoms with E-state index < -0.39 is 8.07 Å². The van der Waals surface area contributed by atoms with Crippen LogP contribution in [0.15, 0.2) is 53.5 Å². The van der Waals surface area contributed by atoms with Gasteiger partial charge in [0.1, 0.15) is 5.54 Å². The molecule has 0 aromatic heterocycles. The zero-order valence-corrected chi connectivity index (χ0v) is 17.0. The third-order valence-corrected chi connectivity index (χ3v) is 7.74. The van der Waals surface area contributed by atoms with E-state index in [0.717, 1.165) is 6.54 Å². The summed E-state index contributed by atoms with van der Waals surface area (Å²) in [6.07, 6.45) is 2.12. The van der Waals surface area contributed by atoms with Crippen molar-refractivity contribution in [1.82, 2.24) is 4.90 Å². The molecule has 0 atom stereocenters. The van der Waals surface area contributed by atoms with E-state index in [2.05, 4.69) is 93.3 Å². The van der Waals surface area contributed by atoms with Crippen LogP contribution < -0.4 is 0 Å². The molecule has 2 aromatic rings. The lowest BCUT2D eigenvalue weighted by molar-refractivity contribution is 0.172. The first-order chi connectivity index (χ1) is 11.8. The van der Waals surface area contributed by atoms with Gasteiger partial charge in [-0.15, -0.1) is 0 Å². The predicted octanol–water partition coefficient (Wildman–Crippen LogP) is 5.37. The first kappa shape index (κ1) is 16.6. The van der Waals surface area contributed by atoms with Crippen LogP contribution in [0.25, 0.3) is 11.1 Å². The Hall–Kier alpha value is -1.87. The topological polar surface area (TPSA) is 15.6 Å². The highest BCUT2D eigenvalue weighted by Crippen LogP contribution is 2.58. The molecule has 4 rings (SSSR count). The lowest BCUT2D eigenvalue weighted by Gasteiger charge is -2.44. The fourth-order valence-electron chi connectivity index (χ4n) is 4.47. The van der Waals surface area contributed by atoms with Crippen LogP contribution in [0, 0.1) is 0 Å². The van der Waals surface area contributed by atoms with E-state index in [0.29, 0.717) is 0 Å². The second-order valence-corrected chi connectivity index (χ2v) is 14.7. The van der Waals surface area contributed by atoms with E-state index in [9.17, 15) is 0 Å². The summed E-state index contributed by atoms with van der Waals surface area (Å²) in [5.74, 6) is 0. The summed E-state index contributed by atoms with van der Waals surface area (Å²) in [5.41, 5.74) is 5.03. The third-order valence-electron chi connectivity index (χ3n) is 6.02. The summed E-state index contributed by atoms with van der Waals surface area (Å²) >= 11 is 0. The molecule has 0 fully saturated rings. The first-order valence-electron chi connectivity index (χ1n) is 9.29. The molecule has 0 unspecified atom stereocenters. The fourth-order valence-corrected chi connectivity index (χ4v) is 5.38. The molecule has 0 N–H and O–H groups in total. The van der Waals surface area contributed by atoms with Gasteiger partial charge in [-0.25, -0.2) is 0 Å². The van der Waals surface area contributed by atoms with E-state index >= 15 is 0 Å². The molecule has 0 radical (unpaired) electrons. The maximum Gasteiger partial charge on any atom is 0.136 e. The molecule has 2 aliphatic rings. The van der Waals surface area contributed by atoms with Crippen molar-refractivity contribution < 1.29 is 0 Å². The van der Waals surface area contributed by atoms with Crippen molar-refractivity contribution in [2.24, 2.45) is 4.99 Å². The lowest BCUT2D eigenvalue weighted by atomic mass is 9.73. The molecule has 130 valence electrons. The Morgan fingerprint density at radius 3 is 1.92 bits per heavy atom. The highest BCUT2D eigenvalue weighted by atomic mass is 28.3. The molecule has 25 heavy (non-hydrogen) atoms. The average Bonchev–Trinajstić information content (AvgIpc) is 3.00. The van der Waals surface area contributed by atoms with Crippen molar-refractivity contribution in [3.8, 4) is 11.1 Å². The minimum Gasteiger partial charge on any atom is -0.355 e. The molecule has 0 amide bonds. The van der Waals surface area contributed by atoms with Crippen LogP contribution in [-0.2, 0) is 5.54 Å². The molecule has 1 aliphatic carbocycles. The highest BCUT2D eigenvalue weighted by molar-refractivity contribution is 6.76. The van der Waals surface area contributed by atoms with Gasteiger partial charge in [-0.2, -0.15) is 0 Å². The Morgan fingerprint density at radius 1 is 0.880 bits per heavy atom. The number of rotatable bonds is 3. The van der Waals surface area contributed by atoms with E-state index in [1.54, 1.807) is 0 Å². The second-order valence-electron chi connectivity index (χ2n) is 9.11. The normalized spacial score (nSPS) is 19.3. The molecule has 1 spiro atoms. The molecular formula is C22H28N2Si. The van der Waals surface area contributed by atoms with Gasteiger partial charge in [0, 0.05) is 14.6 Å². The van der Waals surface area contributed by atoms with Crippen LogP contribution in [0.1, 0.15) is 25.0 Å². The molecule has 0 saturated carbocycles. The SMILES string of the molecule is CC1(C)N(CC[Si](C)(C)C)C=NC12c1ccccc1-c1ccccc12. The molecule has 1 heterocycles. The van der Waals surface area contributed by atoms with Crippen LogP contribution in [0.4, 0.5) is 0 Å². The quantitative estimate of drug-likeness (QED) is 0.681. The first-order valence-corrected chi connectivity index (χ1v) is 13.0. The Bertz CT molecular complexity index is 800. The van der Waals surface area contributed by atoms with Crippen LogP contribution in [0.2, 0.25) is 25.7 Å². The summed E-state index contributed by atoms with van der Waals surface area (Å²) in [7, 11) is -1.09. The molecule has 0 bridgehead atoms. The maximum absolute atomic E-state index is 5.20. The van der Waals surface area contributed by atoms with Gasteiger partial charge in [0.05, 0.1) is 11.9 Å². The molecular weight excluding hydrogens is 320 g/mol. The molecule has 2 nitrogen and oxygen atoms in total. The van der Waals surface area contributed by atoms with Gasteiger partial charge < -0.3 is 4.90 Å². The summed E-state index contributed by atoms with van der Waals surface area (Å²) in [6, 6.07) is 18.9. The Labute approximate surface area is 152 Å². The summed E-state index contributed by atoms with van der Waals surface area (Å²) in [4.78, 5) is 7.69. The van der Waals surface area contributed by atoms with Gasteiger partial charge >= 0.3 is 0 Å². The van der Waals surface area contributed by atoms with Gasteiger partial charge in [0.2, 0.25) is 0 Å². The summed E-state index contributed by atoms with van der Waals surface area (Å²) < 4.78 is 0. The number of benzene rings is 2. The van der Waals surface area contributed by atoms with E-state index in [4.69, 9.17) is 4.99 Å². The van der Waals surface area contributed by atoms with Crippen molar-refractivity contribution >= 4 is 14.4 Å². The van der Waals surface area contributed by atoms with Gasteiger partial charge in [-0.05, 0) is 42.1 Å². The van der Waals surface area contributed by atoms with Crippen molar-refractivity contribution in [3.63, 3.8) is 0 Å². The Balaban J connectivity index is 1.84. The average molecular weight is 349 g/mol. The molecule has 3 heteroatoms. The van der Waals surface area contributed by atoms with Crippen molar-refractivity contribution in [3.05, 3.63) is 59.7 Å². The number of nitrogens with zero attached hydrogens (tertiary/aromatic N) is 2. The zero-order valence-electron chi connectivity index (χ0n) is 16.0. The van der Waals surface area contributed by atoms with Gasteiger partial charge in [-0.1, -0.05) is 68.2 Å². The van der Waals surface area contributed by atoms with Crippen LogP contribution in [0.5, 0.6) is 0 Å². The van der Waals surface area contributed by atoms with E-state index in [-0.39, 0.29) is 11.1 Å². The number of aliphatic imine (C=N–C) groups is 1. The van der Waals surface area contributed by atoms with E-state index in [1.165, 1.54) is 28.3 Å². The maximum atomic E-state index is 5.20. The Kier molecular flexibility index (Phi) is 3.52. The van der Waals surface area contributed by atoms with Crippen molar-refractivity contribution in [2.75, 3.05) is 6.54 Å². The smallest absolute Gasteiger partial charge is 0.136 e. The van der Waals surface area contributed by atoms with Gasteiger partial charge in [0.15, 0.2) is 0 Å². The minimum atomic E-state index is -1.09. The Morgan fingerprint density at radius 2 is 1.40 bits per heavy atom. The molecule has 1 aliphatic heterocycles. The fraction of sp³-hybridized carbons (Fsp3) is 0.409. The highest BCUT2D eigenvalue weighted by Gasteiger charge is 2.58. The zero-order chi connectivity index (χ0) is 17.9. The van der Waals surface area contributed by atoms with Crippen molar-refractivity contribution in [1.29, 1.82) is 0 Å². The summed E-state index contributed by atoms with van der Waals surface area (Å²) in [6.45, 7) is 13.2. The van der Waals surface area contributed by atoms with Crippen LogP contribution in [0.3, 0.4) is 0 Å². The lowest BCUT2D eigenvalue weighted by Crippen LogP contribution is -2.53. The van der Waals surface area contributed by atoms with Gasteiger partial charge in [0.25, 0.3) is 0 Å². The second kappa shape index (κ2) is 5.31. The standard InChI is InChI=1S/C22H28N2Si/c1-21(2)22(23-16-24(21)14-15-25(3,4)5)19-12-8-6-10-17(19)18-11-7-9-13-20(18)22/h6-13,16H,14-15H2,1-5H3. The third kappa shape index (κ3) is 2.25. The number of hydrogen-bond donors (Lipinski definition) is 0. The monoisotopic (exact) mass is 348 g/mol. The predicted molar refractivity (Wildman–Crippen MR) is 110 cm³/mol. The molecule has 0 saturated heterocycles. The van der Waals surface area contributed by atoms with Crippen LogP contribution >= 0.6 is 0 Å². The number of fused-ring (bicyclic) bond motifs is 5. The minimum absolute atomic E-state index is 0.0741. The molecule has 2 aromatic carbocycles. The van der Waals surface area contributed by atoms with Crippen molar-refractivity contribution in [2.45, 2.75) is 50.6 Å².